The third-order valence-electron chi connectivity index (χ3n) is 3.69. The SMILES string of the molecule is CCOc1c(F)cc(Oc2ccc3cc(CC=O)ccc3c2)cc1F. The first-order chi connectivity index (χ1) is 12.1. The molecule has 25 heavy (non-hydrogen) atoms. The summed E-state index contributed by atoms with van der Waals surface area (Å²) in [5, 5.41) is 1.86. The Kier molecular flexibility index (Phi) is 4.93. The fourth-order valence-electron chi connectivity index (χ4n) is 2.57. The van der Waals surface area contributed by atoms with Crippen molar-refractivity contribution < 1.29 is 23.0 Å². The van der Waals surface area contributed by atoms with Crippen LogP contribution >= 0.6 is 0 Å². The molecular weight excluding hydrogens is 326 g/mol. The maximum atomic E-state index is 13.9. The third kappa shape index (κ3) is 3.76. The zero-order chi connectivity index (χ0) is 17.8. The van der Waals surface area contributed by atoms with Crippen molar-refractivity contribution >= 4 is 17.1 Å². The summed E-state index contributed by atoms with van der Waals surface area (Å²) in [4.78, 5) is 10.6. The van der Waals surface area contributed by atoms with Gasteiger partial charge in [-0.3, -0.25) is 0 Å². The van der Waals surface area contributed by atoms with Crippen molar-refractivity contribution in [3.8, 4) is 17.2 Å². The predicted molar refractivity (Wildman–Crippen MR) is 91.3 cm³/mol. The van der Waals surface area contributed by atoms with E-state index in [1.165, 1.54) is 0 Å². The molecule has 0 aliphatic carbocycles. The molecular formula is C20H16F2O3. The van der Waals surface area contributed by atoms with Crippen molar-refractivity contribution in [2.24, 2.45) is 0 Å². The number of rotatable bonds is 6. The van der Waals surface area contributed by atoms with Crippen molar-refractivity contribution in [1.29, 1.82) is 0 Å². The van der Waals surface area contributed by atoms with Gasteiger partial charge < -0.3 is 14.3 Å². The lowest BCUT2D eigenvalue weighted by molar-refractivity contribution is -0.107. The minimum atomic E-state index is -0.809. The minimum Gasteiger partial charge on any atom is -0.488 e. The molecule has 0 aliphatic heterocycles. The van der Waals surface area contributed by atoms with E-state index in [4.69, 9.17) is 9.47 Å². The molecule has 3 nitrogen and oxygen atoms in total. The summed E-state index contributed by atoms with van der Waals surface area (Å²) in [5.74, 6) is -1.52. The van der Waals surface area contributed by atoms with E-state index in [0.29, 0.717) is 12.2 Å². The van der Waals surface area contributed by atoms with Crippen LogP contribution in [-0.2, 0) is 11.2 Å². The van der Waals surface area contributed by atoms with Gasteiger partial charge in [0.25, 0.3) is 0 Å². The van der Waals surface area contributed by atoms with Gasteiger partial charge in [0.15, 0.2) is 17.4 Å². The van der Waals surface area contributed by atoms with Crippen molar-refractivity contribution in [2.75, 3.05) is 6.61 Å². The Labute approximate surface area is 143 Å². The molecule has 0 unspecified atom stereocenters. The van der Waals surface area contributed by atoms with Crippen LogP contribution in [0.2, 0.25) is 0 Å². The molecule has 0 N–H and O–H groups in total. The molecule has 0 heterocycles. The van der Waals surface area contributed by atoms with Crippen molar-refractivity contribution in [1.82, 2.24) is 0 Å². The molecule has 128 valence electrons. The van der Waals surface area contributed by atoms with Crippen LogP contribution in [0.1, 0.15) is 12.5 Å². The molecule has 0 amide bonds. The lowest BCUT2D eigenvalue weighted by Crippen LogP contribution is -1.98. The Bertz CT molecular complexity index is 899. The lowest BCUT2D eigenvalue weighted by Gasteiger charge is -2.10. The zero-order valence-electron chi connectivity index (χ0n) is 13.6. The molecule has 0 aromatic heterocycles. The van der Waals surface area contributed by atoms with Crippen LogP contribution in [0, 0.1) is 11.6 Å². The van der Waals surface area contributed by atoms with E-state index in [0.717, 1.165) is 34.8 Å². The van der Waals surface area contributed by atoms with E-state index in [1.807, 2.05) is 24.3 Å². The van der Waals surface area contributed by atoms with Crippen molar-refractivity contribution in [3.05, 3.63) is 65.7 Å². The highest BCUT2D eigenvalue weighted by Crippen LogP contribution is 2.31. The van der Waals surface area contributed by atoms with Gasteiger partial charge in [0.2, 0.25) is 0 Å². The van der Waals surface area contributed by atoms with Gasteiger partial charge in [-0.2, -0.15) is 0 Å². The lowest BCUT2D eigenvalue weighted by atomic mass is 10.1. The summed E-state index contributed by atoms with van der Waals surface area (Å²) in [6, 6.07) is 13.1. The summed E-state index contributed by atoms with van der Waals surface area (Å²) >= 11 is 0. The van der Waals surface area contributed by atoms with Crippen LogP contribution in [0.4, 0.5) is 8.78 Å². The third-order valence-corrected chi connectivity index (χ3v) is 3.69. The van der Waals surface area contributed by atoms with Crippen LogP contribution in [0.3, 0.4) is 0 Å². The van der Waals surface area contributed by atoms with Crippen molar-refractivity contribution in [2.45, 2.75) is 13.3 Å². The molecule has 3 rings (SSSR count). The van der Waals surface area contributed by atoms with E-state index in [-0.39, 0.29) is 12.4 Å². The van der Waals surface area contributed by atoms with Gasteiger partial charge in [0.05, 0.1) is 6.61 Å². The summed E-state index contributed by atoms with van der Waals surface area (Å²) in [6.07, 6.45) is 1.21. The second kappa shape index (κ2) is 7.30. The molecule has 3 aromatic rings. The van der Waals surface area contributed by atoms with E-state index in [9.17, 15) is 13.6 Å². The maximum absolute atomic E-state index is 13.9. The highest BCUT2D eigenvalue weighted by atomic mass is 19.1. The summed E-state index contributed by atoms with van der Waals surface area (Å²) < 4.78 is 38.3. The second-order valence-electron chi connectivity index (χ2n) is 5.47. The number of aldehydes is 1. The number of hydrogen-bond donors (Lipinski definition) is 0. The first kappa shape index (κ1) is 16.9. The smallest absolute Gasteiger partial charge is 0.190 e. The Morgan fingerprint density at radius 1 is 0.920 bits per heavy atom. The normalized spacial score (nSPS) is 10.7. The van der Waals surface area contributed by atoms with E-state index in [1.54, 1.807) is 19.1 Å². The predicted octanol–water partition coefficient (Wildman–Crippen LogP) is 5.05. The average Bonchev–Trinajstić information content (AvgIpc) is 2.58. The topological polar surface area (TPSA) is 35.5 Å². The van der Waals surface area contributed by atoms with Gasteiger partial charge in [0, 0.05) is 18.6 Å². The molecule has 0 bridgehead atoms. The quantitative estimate of drug-likeness (QED) is 0.588. The van der Waals surface area contributed by atoms with Gasteiger partial charge in [-0.25, -0.2) is 8.78 Å². The number of fused-ring (bicyclic) bond motifs is 1. The highest BCUT2D eigenvalue weighted by molar-refractivity contribution is 5.85. The van der Waals surface area contributed by atoms with Crippen LogP contribution < -0.4 is 9.47 Å². The zero-order valence-corrected chi connectivity index (χ0v) is 13.6. The molecule has 0 saturated heterocycles. The summed E-state index contributed by atoms with van der Waals surface area (Å²) in [5.41, 5.74) is 0.923. The standard InChI is InChI=1S/C20H16F2O3/c1-2-24-20-18(21)11-17(12-19(20)22)25-16-6-5-14-9-13(7-8-23)3-4-15(14)10-16/h3-6,8-12H,2,7H2,1H3. The maximum Gasteiger partial charge on any atom is 0.190 e. The van der Waals surface area contributed by atoms with E-state index < -0.39 is 17.4 Å². The highest BCUT2D eigenvalue weighted by Gasteiger charge is 2.13. The van der Waals surface area contributed by atoms with Crippen LogP contribution in [-0.4, -0.2) is 12.9 Å². The van der Waals surface area contributed by atoms with Crippen molar-refractivity contribution in [3.63, 3.8) is 0 Å². The molecule has 3 aromatic carbocycles. The largest absolute Gasteiger partial charge is 0.488 e. The Balaban J connectivity index is 1.87. The number of ether oxygens (including phenoxy) is 2. The Morgan fingerprint density at radius 3 is 2.28 bits per heavy atom. The first-order valence-electron chi connectivity index (χ1n) is 7.86. The van der Waals surface area contributed by atoms with Gasteiger partial charge in [0.1, 0.15) is 17.8 Å². The van der Waals surface area contributed by atoms with Crippen LogP contribution in [0.5, 0.6) is 17.2 Å². The monoisotopic (exact) mass is 342 g/mol. The van der Waals surface area contributed by atoms with Gasteiger partial charge in [-0.1, -0.05) is 24.3 Å². The molecule has 0 saturated carbocycles. The fourth-order valence-corrected chi connectivity index (χ4v) is 2.57. The second-order valence-corrected chi connectivity index (χ2v) is 5.47. The number of hydrogen-bond acceptors (Lipinski definition) is 3. The molecule has 5 heteroatoms. The Hall–Kier alpha value is -2.95. The Morgan fingerprint density at radius 2 is 1.60 bits per heavy atom. The molecule has 0 aliphatic rings. The molecule has 0 spiro atoms. The fraction of sp³-hybridized carbons (Fsp3) is 0.150. The number of benzene rings is 3. The van der Waals surface area contributed by atoms with Gasteiger partial charge in [-0.15, -0.1) is 0 Å². The number of carbonyl (C=O) groups is 1. The average molecular weight is 342 g/mol. The summed E-state index contributed by atoms with van der Waals surface area (Å²) in [7, 11) is 0. The summed E-state index contributed by atoms with van der Waals surface area (Å²) in [6.45, 7) is 1.82. The molecule has 0 atom stereocenters. The number of halogens is 2. The van der Waals surface area contributed by atoms with Crippen LogP contribution in [0.25, 0.3) is 10.8 Å². The van der Waals surface area contributed by atoms with Crippen LogP contribution in [0.15, 0.2) is 48.5 Å². The van der Waals surface area contributed by atoms with Gasteiger partial charge >= 0.3 is 0 Å². The molecule has 0 radical (unpaired) electrons. The van der Waals surface area contributed by atoms with E-state index in [2.05, 4.69) is 0 Å². The van der Waals surface area contributed by atoms with E-state index >= 15 is 0 Å². The minimum absolute atomic E-state index is 0.0513. The number of carbonyl (C=O) groups excluding carboxylic acids is 1. The van der Waals surface area contributed by atoms with Gasteiger partial charge in [-0.05, 0) is 35.4 Å². The first-order valence-corrected chi connectivity index (χ1v) is 7.86. The molecule has 0 fully saturated rings.